The summed E-state index contributed by atoms with van der Waals surface area (Å²) in [7, 11) is -0.620. The zero-order chi connectivity index (χ0) is 30.2. The number of aliphatic imine (C=N–C) groups is 1. The van der Waals surface area contributed by atoms with Crippen LogP contribution in [0.4, 0.5) is 0 Å². The van der Waals surface area contributed by atoms with E-state index in [1.54, 1.807) is 68.6 Å². The van der Waals surface area contributed by atoms with Crippen LogP contribution in [0.5, 0.6) is 17.2 Å². The van der Waals surface area contributed by atoms with Crippen molar-refractivity contribution in [3.05, 3.63) is 83.9 Å². The Morgan fingerprint density at radius 3 is 2.40 bits per heavy atom. The van der Waals surface area contributed by atoms with Gasteiger partial charge in [0, 0.05) is 25.1 Å². The van der Waals surface area contributed by atoms with Crippen LogP contribution in [0.3, 0.4) is 0 Å². The van der Waals surface area contributed by atoms with Gasteiger partial charge < -0.3 is 29.4 Å². The molecule has 2 atom stereocenters. The SMILES string of the molecule is COc1ccc(CNC(=O)[C@]2(CCS(=O)(=O)c3ccccc3)N=C(c3ccc(OCCCO)cc3)O[C@@H]2C)cc1OC. The molecule has 1 amide bonds. The van der Waals surface area contributed by atoms with Gasteiger partial charge in [0.25, 0.3) is 5.91 Å². The largest absolute Gasteiger partial charge is 0.494 e. The first-order valence-electron chi connectivity index (χ1n) is 13.6. The summed E-state index contributed by atoms with van der Waals surface area (Å²) in [6.45, 7) is 2.29. The molecule has 1 aliphatic rings. The number of nitrogens with zero attached hydrogens (tertiary/aromatic N) is 1. The lowest BCUT2D eigenvalue weighted by Gasteiger charge is -2.28. The molecule has 3 aromatic carbocycles. The molecule has 224 valence electrons. The first-order chi connectivity index (χ1) is 20.2. The summed E-state index contributed by atoms with van der Waals surface area (Å²) >= 11 is 0. The van der Waals surface area contributed by atoms with Gasteiger partial charge in [-0.3, -0.25) is 4.79 Å². The Morgan fingerprint density at radius 1 is 1.02 bits per heavy atom. The van der Waals surface area contributed by atoms with Crippen molar-refractivity contribution in [3.63, 3.8) is 0 Å². The van der Waals surface area contributed by atoms with Crippen molar-refractivity contribution in [2.24, 2.45) is 4.99 Å². The molecule has 0 saturated carbocycles. The number of carbonyl (C=O) groups is 1. The van der Waals surface area contributed by atoms with E-state index in [0.29, 0.717) is 35.8 Å². The number of hydrogen-bond acceptors (Lipinski definition) is 9. The van der Waals surface area contributed by atoms with Crippen molar-refractivity contribution in [1.29, 1.82) is 0 Å². The molecular weight excluding hydrogens is 560 g/mol. The summed E-state index contributed by atoms with van der Waals surface area (Å²) in [5.74, 6) is 1.19. The smallest absolute Gasteiger partial charge is 0.252 e. The van der Waals surface area contributed by atoms with E-state index in [-0.39, 0.29) is 36.1 Å². The van der Waals surface area contributed by atoms with E-state index in [2.05, 4.69) is 5.32 Å². The van der Waals surface area contributed by atoms with Gasteiger partial charge in [-0.1, -0.05) is 24.3 Å². The Kier molecular flexibility index (Phi) is 10.1. The first-order valence-corrected chi connectivity index (χ1v) is 15.3. The van der Waals surface area contributed by atoms with Crippen LogP contribution in [0.1, 0.15) is 30.9 Å². The van der Waals surface area contributed by atoms with Crippen LogP contribution < -0.4 is 19.5 Å². The molecular formula is C31H36N2O8S. The number of carbonyl (C=O) groups excluding carboxylic acids is 1. The number of amides is 1. The van der Waals surface area contributed by atoms with Crippen molar-refractivity contribution >= 4 is 21.6 Å². The second kappa shape index (κ2) is 13.7. The van der Waals surface area contributed by atoms with Crippen LogP contribution in [0.2, 0.25) is 0 Å². The summed E-state index contributed by atoms with van der Waals surface area (Å²) in [4.78, 5) is 18.8. The van der Waals surface area contributed by atoms with Crippen LogP contribution in [0, 0.1) is 0 Å². The van der Waals surface area contributed by atoms with Crippen LogP contribution in [0.15, 0.2) is 82.7 Å². The fourth-order valence-corrected chi connectivity index (χ4v) is 6.00. The van der Waals surface area contributed by atoms with E-state index in [9.17, 15) is 13.2 Å². The van der Waals surface area contributed by atoms with Crippen molar-refractivity contribution in [1.82, 2.24) is 5.32 Å². The van der Waals surface area contributed by atoms with E-state index in [4.69, 9.17) is 29.0 Å². The third kappa shape index (κ3) is 7.03. The minimum absolute atomic E-state index is 0.0385. The zero-order valence-electron chi connectivity index (χ0n) is 23.9. The lowest BCUT2D eigenvalue weighted by Crippen LogP contribution is -2.51. The molecule has 0 radical (unpaired) electrons. The minimum atomic E-state index is -3.70. The molecule has 11 heteroatoms. The summed E-state index contributed by atoms with van der Waals surface area (Å²) < 4.78 is 48.7. The standard InChI is InChI=1S/C31H36N2O8S/c1-22-31(16-19-42(36,37)26-8-5-4-6-9-26,30(35)32-21-23-10-15-27(38-2)28(20-23)39-3)33-29(41-22)24-11-13-25(14-12-24)40-18-7-17-34/h4-6,8-15,20,22,34H,7,16-19,21H2,1-3H3,(H,32,35)/t22-,31-/m1/s1. The van der Waals surface area contributed by atoms with Gasteiger partial charge in [-0.25, -0.2) is 13.4 Å². The maximum absolute atomic E-state index is 13.9. The highest BCUT2D eigenvalue weighted by Crippen LogP contribution is 2.34. The normalized spacial score (nSPS) is 18.1. The molecule has 0 aliphatic carbocycles. The van der Waals surface area contributed by atoms with Crippen LogP contribution in [0.25, 0.3) is 0 Å². The highest BCUT2D eigenvalue weighted by atomic mass is 32.2. The number of aliphatic hydroxyl groups is 1. The number of methoxy groups -OCH3 is 2. The van der Waals surface area contributed by atoms with E-state index in [1.807, 2.05) is 6.07 Å². The van der Waals surface area contributed by atoms with Gasteiger partial charge >= 0.3 is 0 Å². The average molecular weight is 597 g/mol. The molecule has 0 fully saturated rings. The molecule has 0 aromatic heterocycles. The number of aliphatic hydroxyl groups excluding tert-OH is 1. The summed E-state index contributed by atoms with van der Waals surface area (Å²) in [5.41, 5.74) is -0.109. The van der Waals surface area contributed by atoms with Gasteiger partial charge in [-0.2, -0.15) is 0 Å². The van der Waals surface area contributed by atoms with Crippen molar-refractivity contribution in [2.45, 2.75) is 42.8 Å². The van der Waals surface area contributed by atoms with Crippen molar-refractivity contribution in [2.75, 3.05) is 33.2 Å². The van der Waals surface area contributed by atoms with E-state index >= 15 is 0 Å². The number of ether oxygens (including phenoxy) is 4. The van der Waals surface area contributed by atoms with Crippen molar-refractivity contribution < 1.29 is 37.3 Å². The van der Waals surface area contributed by atoms with E-state index in [0.717, 1.165) is 5.56 Å². The number of nitrogens with one attached hydrogen (secondary N) is 1. The molecule has 1 aliphatic heterocycles. The Bertz CT molecular complexity index is 1490. The van der Waals surface area contributed by atoms with E-state index < -0.39 is 27.4 Å². The predicted octanol–water partition coefficient (Wildman–Crippen LogP) is 3.55. The third-order valence-electron chi connectivity index (χ3n) is 7.08. The minimum Gasteiger partial charge on any atom is -0.494 e. The van der Waals surface area contributed by atoms with Gasteiger partial charge in [-0.15, -0.1) is 0 Å². The molecule has 1 heterocycles. The quantitative estimate of drug-likeness (QED) is 0.270. The maximum Gasteiger partial charge on any atom is 0.252 e. The summed E-state index contributed by atoms with van der Waals surface area (Å²) in [5, 5.41) is 11.9. The second-order valence-corrected chi connectivity index (χ2v) is 11.9. The monoisotopic (exact) mass is 596 g/mol. The highest BCUT2D eigenvalue weighted by Gasteiger charge is 2.50. The lowest BCUT2D eigenvalue weighted by molar-refractivity contribution is -0.128. The molecule has 42 heavy (non-hydrogen) atoms. The van der Waals surface area contributed by atoms with Crippen LogP contribution in [-0.4, -0.2) is 70.2 Å². The van der Waals surface area contributed by atoms with Gasteiger partial charge in [0.05, 0.1) is 31.5 Å². The van der Waals surface area contributed by atoms with Gasteiger partial charge in [-0.05, 0) is 67.4 Å². The second-order valence-electron chi connectivity index (χ2n) is 9.81. The summed E-state index contributed by atoms with van der Waals surface area (Å²) in [6.07, 6.45) is -0.318. The van der Waals surface area contributed by atoms with Crippen molar-refractivity contribution in [3.8, 4) is 17.2 Å². The molecule has 10 nitrogen and oxygen atoms in total. The molecule has 0 saturated heterocycles. The predicted molar refractivity (Wildman–Crippen MR) is 158 cm³/mol. The number of benzene rings is 3. The fraction of sp³-hybridized carbons (Fsp3) is 0.355. The van der Waals surface area contributed by atoms with Gasteiger partial charge in [0.2, 0.25) is 5.90 Å². The van der Waals surface area contributed by atoms with E-state index in [1.165, 1.54) is 19.2 Å². The summed E-state index contributed by atoms with van der Waals surface area (Å²) in [6, 6.07) is 20.5. The molecule has 0 unspecified atom stereocenters. The van der Waals surface area contributed by atoms with Crippen LogP contribution >= 0.6 is 0 Å². The Balaban J connectivity index is 1.60. The van der Waals surface area contributed by atoms with Crippen LogP contribution in [-0.2, 0) is 25.9 Å². The fourth-order valence-electron chi connectivity index (χ4n) is 4.61. The average Bonchev–Trinajstić information content (AvgIpc) is 3.36. The Hall–Kier alpha value is -4.09. The number of rotatable bonds is 14. The Labute approximate surface area is 246 Å². The lowest BCUT2D eigenvalue weighted by atomic mass is 9.90. The topological polar surface area (TPSA) is 133 Å². The molecule has 3 aromatic rings. The van der Waals surface area contributed by atoms with Gasteiger partial charge in [0.1, 0.15) is 11.9 Å². The molecule has 4 rings (SSSR count). The maximum atomic E-state index is 13.9. The molecule has 0 spiro atoms. The zero-order valence-corrected chi connectivity index (χ0v) is 24.7. The molecule has 0 bridgehead atoms. The number of sulfone groups is 1. The highest BCUT2D eigenvalue weighted by molar-refractivity contribution is 7.91. The first kappa shape index (κ1) is 30.9. The third-order valence-corrected chi connectivity index (χ3v) is 8.81. The Morgan fingerprint density at radius 2 is 1.74 bits per heavy atom. The molecule has 2 N–H and O–H groups in total. The van der Waals surface area contributed by atoms with Gasteiger partial charge in [0.15, 0.2) is 26.9 Å². The number of hydrogen-bond donors (Lipinski definition) is 2.